The molecule has 1 atom stereocenters. The molecule has 168 valence electrons. The van der Waals surface area contributed by atoms with Gasteiger partial charge in [-0.15, -0.1) is 10.2 Å². The van der Waals surface area contributed by atoms with Crippen molar-refractivity contribution >= 4 is 5.91 Å². The Kier molecular flexibility index (Phi) is 7.32. The molecule has 0 saturated heterocycles. The summed E-state index contributed by atoms with van der Waals surface area (Å²) in [4.78, 5) is 15.0. The van der Waals surface area contributed by atoms with Gasteiger partial charge in [0, 0.05) is 39.0 Å². The van der Waals surface area contributed by atoms with Crippen molar-refractivity contribution in [1.29, 1.82) is 0 Å². The fourth-order valence-corrected chi connectivity index (χ4v) is 4.29. The maximum Gasteiger partial charge on any atom is 0.220 e. The van der Waals surface area contributed by atoms with Crippen LogP contribution >= 0.6 is 0 Å². The molecule has 0 radical (unpaired) electrons. The Balaban J connectivity index is 1.32. The lowest BCUT2D eigenvalue weighted by atomic mass is 10.1. The van der Waals surface area contributed by atoms with Gasteiger partial charge in [-0.2, -0.15) is 0 Å². The summed E-state index contributed by atoms with van der Waals surface area (Å²) in [5, 5.41) is 12.0. The number of hydrogen-bond acceptors (Lipinski definition) is 4. The van der Waals surface area contributed by atoms with Crippen molar-refractivity contribution in [1.82, 2.24) is 25.0 Å². The molecule has 0 fully saturated rings. The van der Waals surface area contributed by atoms with Gasteiger partial charge in [-0.05, 0) is 36.5 Å². The molecule has 0 saturated carbocycles. The van der Waals surface area contributed by atoms with Gasteiger partial charge < -0.3 is 9.88 Å². The van der Waals surface area contributed by atoms with Crippen molar-refractivity contribution in [3.05, 3.63) is 82.9 Å². The minimum absolute atomic E-state index is 0.0458. The first kappa shape index (κ1) is 22.2. The maximum atomic E-state index is 12.5. The molecule has 1 aromatic heterocycles. The van der Waals surface area contributed by atoms with Gasteiger partial charge in [0.1, 0.15) is 5.82 Å². The molecule has 1 N–H and O–H groups in total. The van der Waals surface area contributed by atoms with Crippen LogP contribution in [-0.2, 0) is 37.1 Å². The number of carbonyl (C=O) groups is 1. The van der Waals surface area contributed by atoms with Gasteiger partial charge >= 0.3 is 0 Å². The lowest BCUT2D eigenvalue weighted by Crippen LogP contribution is -2.30. The van der Waals surface area contributed by atoms with E-state index < -0.39 is 0 Å². The van der Waals surface area contributed by atoms with Gasteiger partial charge in [-0.1, -0.05) is 61.5 Å². The average molecular weight is 432 g/mol. The number of nitrogens with one attached hydrogen (secondary N) is 1. The number of aryl methyl sites for hydroxylation is 2. The fourth-order valence-electron chi connectivity index (χ4n) is 4.29. The van der Waals surface area contributed by atoms with Crippen LogP contribution in [0.2, 0.25) is 0 Å². The first-order valence-electron chi connectivity index (χ1n) is 11.7. The molecule has 2 heterocycles. The lowest BCUT2D eigenvalue weighted by Gasteiger charge is -2.20. The van der Waals surface area contributed by atoms with Gasteiger partial charge in [-0.3, -0.25) is 9.69 Å². The highest BCUT2D eigenvalue weighted by atomic mass is 16.1. The topological polar surface area (TPSA) is 63.1 Å². The second-order valence-electron chi connectivity index (χ2n) is 8.60. The average Bonchev–Trinajstić information content (AvgIpc) is 3.13. The van der Waals surface area contributed by atoms with Crippen molar-refractivity contribution < 1.29 is 4.79 Å². The zero-order valence-corrected chi connectivity index (χ0v) is 19.1. The number of fused-ring (bicyclic) bond motifs is 1. The summed E-state index contributed by atoms with van der Waals surface area (Å²) >= 11 is 0. The maximum absolute atomic E-state index is 12.5. The third-order valence-corrected chi connectivity index (χ3v) is 6.23. The molecule has 32 heavy (non-hydrogen) atoms. The minimum Gasteiger partial charge on any atom is -0.346 e. The van der Waals surface area contributed by atoms with Crippen LogP contribution in [0.15, 0.2) is 54.6 Å². The molecule has 4 rings (SSSR count). The Morgan fingerprint density at radius 1 is 0.969 bits per heavy atom. The largest absolute Gasteiger partial charge is 0.346 e. The summed E-state index contributed by atoms with van der Waals surface area (Å²) < 4.78 is 2.20. The van der Waals surface area contributed by atoms with Crippen LogP contribution in [0.5, 0.6) is 0 Å². The zero-order chi connectivity index (χ0) is 22.3. The number of carbonyl (C=O) groups excluding carboxylic acids is 1. The van der Waals surface area contributed by atoms with Gasteiger partial charge in [0.25, 0.3) is 0 Å². The van der Waals surface area contributed by atoms with Crippen LogP contribution in [0.25, 0.3) is 0 Å². The first-order valence-corrected chi connectivity index (χ1v) is 11.7. The predicted octanol–water partition coefficient (Wildman–Crippen LogP) is 3.71. The summed E-state index contributed by atoms with van der Waals surface area (Å²) in [5.41, 5.74) is 3.90. The van der Waals surface area contributed by atoms with Crippen molar-refractivity contribution in [3.8, 4) is 0 Å². The summed E-state index contributed by atoms with van der Waals surface area (Å²) in [6, 6.07) is 18.9. The highest BCUT2D eigenvalue weighted by Gasteiger charge is 2.22. The molecule has 1 aliphatic heterocycles. The van der Waals surface area contributed by atoms with E-state index in [9.17, 15) is 4.79 Å². The molecule has 0 aliphatic carbocycles. The van der Waals surface area contributed by atoms with E-state index in [2.05, 4.69) is 68.3 Å². The van der Waals surface area contributed by atoms with E-state index in [4.69, 9.17) is 0 Å². The number of amides is 1. The zero-order valence-electron chi connectivity index (χ0n) is 19.1. The van der Waals surface area contributed by atoms with Crippen LogP contribution in [0.3, 0.4) is 0 Å². The van der Waals surface area contributed by atoms with Crippen molar-refractivity contribution in [2.24, 2.45) is 0 Å². The molecule has 2 aromatic carbocycles. The third-order valence-electron chi connectivity index (χ3n) is 6.23. The molecular weight excluding hydrogens is 398 g/mol. The smallest absolute Gasteiger partial charge is 0.220 e. The molecule has 0 unspecified atom stereocenters. The second-order valence-corrected chi connectivity index (χ2v) is 8.60. The van der Waals surface area contributed by atoms with Gasteiger partial charge in [0.2, 0.25) is 5.91 Å². The van der Waals surface area contributed by atoms with Crippen LogP contribution in [0.4, 0.5) is 0 Å². The van der Waals surface area contributed by atoms with Crippen LogP contribution < -0.4 is 5.32 Å². The number of nitrogens with zero attached hydrogens (tertiary/aromatic N) is 4. The Labute approximate surface area is 190 Å². The van der Waals surface area contributed by atoms with E-state index in [0.717, 1.165) is 57.1 Å². The Bertz CT molecular complexity index is 1010. The van der Waals surface area contributed by atoms with E-state index in [0.29, 0.717) is 6.42 Å². The molecule has 1 aliphatic rings. The monoisotopic (exact) mass is 431 g/mol. The van der Waals surface area contributed by atoms with E-state index in [1.807, 2.05) is 25.1 Å². The van der Waals surface area contributed by atoms with Crippen molar-refractivity contribution in [2.45, 2.75) is 58.7 Å². The highest BCUT2D eigenvalue weighted by Crippen LogP contribution is 2.17. The Morgan fingerprint density at radius 2 is 1.72 bits per heavy atom. The lowest BCUT2D eigenvalue weighted by molar-refractivity contribution is -0.121. The fraction of sp³-hybridized carbons (Fsp3) is 0.423. The predicted molar refractivity (Wildman–Crippen MR) is 126 cm³/mol. The number of benzene rings is 2. The summed E-state index contributed by atoms with van der Waals surface area (Å²) in [7, 11) is 0. The van der Waals surface area contributed by atoms with Gasteiger partial charge in [0.15, 0.2) is 5.82 Å². The van der Waals surface area contributed by atoms with Crippen LogP contribution in [-0.4, -0.2) is 38.7 Å². The molecule has 0 bridgehead atoms. The second kappa shape index (κ2) is 10.6. The van der Waals surface area contributed by atoms with Gasteiger partial charge in [0.05, 0.1) is 6.04 Å². The highest BCUT2D eigenvalue weighted by molar-refractivity contribution is 5.76. The van der Waals surface area contributed by atoms with Crippen LogP contribution in [0, 0.1) is 0 Å². The van der Waals surface area contributed by atoms with E-state index in [1.54, 1.807) is 0 Å². The standard InChI is InChI=1S/C26H33N5O/c1-3-21-9-11-23(12-10-21)19-30-16-15-24-28-29-26(31(24)18-17-30)20(2)27-25(32)14-13-22-7-5-4-6-8-22/h4-12,20H,3,13-19H2,1-2H3,(H,27,32)/t20-/m1/s1. The Morgan fingerprint density at radius 3 is 2.47 bits per heavy atom. The quantitative estimate of drug-likeness (QED) is 0.591. The first-order chi connectivity index (χ1) is 15.6. The number of hydrogen-bond donors (Lipinski definition) is 1. The van der Waals surface area contributed by atoms with Gasteiger partial charge in [-0.25, -0.2) is 0 Å². The van der Waals surface area contributed by atoms with E-state index in [-0.39, 0.29) is 11.9 Å². The van der Waals surface area contributed by atoms with Crippen LogP contribution in [0.1, 0.15) is 54.6 Å². The third kappa shape index (κ3) is 5.62. The van der Waals surface area contributed by atoms with E-state index >= 15 is 0 Å². The number of rotatable bonds is 8. The molecule has 0 spiro atoms. The SMILES string of the molecule is CCc1ccc(CN2CCc3nnc([C@@H](C)NC(=O)CCc4ccccc4)n3CC2)cc1. The van der Waals surface area contributed by atoms with E-state index in [1.165, 1.54) is 16.7 Å². The van der Waals surface area contributed by atoms with Crippen molar-refractivity contribution in [3.63, 3.8) is 0 Å². The minimum atomic E-state index is -0.160. The summed E-state index contributed by atoms with van der Waals surface area (Å²) in [6.07, 6.45) is 3.15. The molecule has 3 aromatic rings. The Hall–Kier alpha value is -2.99. The molecule has 1 amide bonds. The van der Waals surface area contributed by atoms with Crippen molar-refractivity contribution in [2.75, 3.05) is 13.1 Å². The number of aromatic nitrogens is 3. The molecular formula is C26H33N5O. The molecule has 6 nitrogen and oxygen atoms in total. The summed E-state index contributed by atoms with van der Waals surface area (Å²) in [6.45, 7) is 7.88. The summed E-state index contributed by atoms with van der Waals surface area (Å²) in [5.74, 6) is 1.90. The normalized spacial score (nSPS) is 15.1. The molecule has 6 heteroatoms.